The second-order valence-electron chi connectivity index (χ2n) is 4.69. The van der Waals surface area contributed by atoms with Crippen molar-refractivity contribution in [3.05, 3.63) is 23.9 Å². The van der Waals surface area contributed by atoms with Crippen LogP contribution in [0.1, 0.15) is 38.3 Å². The lowest BCUT2D eigenvalue weighted by molar-refractivity contribution is 0.459. The van der Waals surface area contributed by atoms with Crippen molar-refractivity contribution < 1.29 is 0 Å². The Morgan fingerprint density at radius 1 is 1.41 bits per heavy atom. The van der Waals surface area contributed by atoms with Gasteiger partial charge in [-0.15, -0.1) is 0 Å². The molecule has 1 unspecified atom stereocenters. The van der Waals surface area contributed by atoms with Crippen molar-refractivity contribution in [2.45, 2.75) is 32.6 Å². The van der Waals surface area contributed by atoms with Crippen molar-refractivity contribution in [1.82, 2.24) is 4.98 Å². The highest BCUT2D eigenvalue weighted by Crippen LogP contribution is 2.23. The molecule has 0 saturated carbocycles. The van der Waals surface area contributed by atoms with Crippen LogP contribution < -0.4 is 4.90 Å². The molecule has 1 aliphatic heterocycles. The Labute approximate surface area is 103 Å². The summed E-state index contributed by atoms with van der Waals surface area (Å²) in [7, 11) is 0. The minimum atomic E-state index is 0.513. The van der Waals surface area contributed by atoms with Gasteiger partial charge in [0, 0.05) is 13.1 Å². The quantitative estimate of drug-likeness (QED) is 0.782. The molecule has 1 aromatic rings. The van der Waals surface area contributed by atoms with Crippen molar-refractivity contribution in [3.8, 4) is 6.07 Å². The van der Waals surface area contributed by atoms with Gasteiger partial charge >= 0.3 is 0 Å². The third kappa shape index (κ3) is 2.97. The number of aromatic nitrogens is 1. The van der Waals surface area contributed by atoms with E-state index in [-0.39, 0.29) is 0 Å². The first-order valence-corrected chi connectivity index (χ1v) is 6.45. The topological polar surface area (TPSA) is 39.9 Å². The highest BCUT2D eigenvalue weighted by molar-refractivity contribution is 5.41. The van der Waals surface area contributed by atoms with E-state index in [9.17, 15) is 0 Å². The summed E-state index contributed by atoms with van der Waals surface area (Å²) in [4.78, 5) is 6.69. The molecule has 1 saturated heterocycles. The molecule has 1 aliphatic rings. The van der Waals surface area contributed by atoms with E-state index < -0.39 is 0 Å². The smallest absolute Gasteiger partial charge is 0.142 e. The van der Waals surface area contributed by atoms with Gasteiger partial charge in [-0.25, -0.2) is 4.98 Å². The molecule has 1 atom stereocenters. The van der Waals surface area contributed by atoms with Crippen molar-refractivity contribution in [1.29, 1.82) is 5.26 Å². The van der Waals surface area contributed by atoms with Crippen LogP contribution in [0, 0.1) is 17.2 Å². The van der Waals surface area contributed by atoms with Gasteiger partial charge in [0.2, 0.25) is 0 Å². The minimum Gasteiger partial charge on any atom is -0.357 e. The molecule has 3 heteroatoms. The maximum atomic E-state index is 8.87. The Bertz CT molecular complexity index is 408. The van der Waals surface area contributed by atoms with E-state index in [1.165, 1.54) is 25.7 Å². The van der Waals surface area contributed by atoms with Crippen LogP contribution in [0.3, 0.4) is 0 Å². The van der Waals surface area contributed by atoms with Gasteiger partial charge in [0.1, 0.15) is 17.6 Å². The number of hydrogen-bond donors (Lipinski definition) is 0. The van der Waals surface area contributed by atoms with Gasteiger partial charge in [0.25, 0.3) is 0 Å². The van der Waals surface area contributed by atoms with Crippen molar-refractivity contribution in [3.63, 3.8) is 0 Å². The predicted octanol–water partition coefficient (Wildman–Crippen LogP) is 2.97. The van der Waals surface area contributed by atoms with E-state index in [4.69, 9.17) is 5.26 Å². The van der Waals surface area contributed by atoms with Crippen LogP contribution in [-0.4, -0.2) is 18.1 Å². The zero-order valence-corrected chi connectivity index (χ0v) is 10.4. The monoisotopic (exact) mass is 229 g/mol. The summed E-state index contributed by atoms with van der Waals surface area (Å²) in [5, 5.41) is 8.87. The molecule has 0 aromatic carbocycles. The lowest BCUT2D eigenvalue weighted by Crippen LogP contribution is -2.25. The zero-order chi connectivity index (χ0) is 12.1. The SMILES string of the molecule is CCC1CCCN(c2cccc(C#N)n2)CC1. The maximum absolute atomic E-state index is 8.87. The number of anilines is 1. The molecule has 90 valence electrons. The number of hydrogen-bond acceptors (Lipinski definition) is 3. The number of pyridine rings is 1. The number of nitrogens with zero attached hydrogens (tertiary/aromatic N) is 3. The molecule has 0 amide bonds. The number of nitriles is 1. The molecule has 0 bridgehead atoms. The lowest BCUT2D eigenvalue weighted by Gasteiger charge is -2.21. The van der Waals surface area contributed by atoms with Gasteiger partial charge in [-0.05, 0) is 37.3 Å². The molecule has 1 fully saturated rings. The Balaban J connectivity index is 2.09. The molecule has 3 nitrogen and oxygen atoms in total. The van der Waals surface area contributed by atoms with E-state index in [0.29, 0.717) is 5.69 Å². The number of rotatable bonds is 2. The summed E-state index contributed by atoms with van der Waals surface area (Å²) in [6, 6.07) is 7.79. The Morgan fingerprint density at radius 2 is 2.29 bits per heavy atom. The van der Waals surface area contributed by atoms with Crippen LogP contribution in [-0.2, 0) is 0 Å². The van der Waals surface area contributed by atoms with E-state index >= 15 is 0 Å². The highest BCUT2D eigenvalue weighted by atomic mass is 15.2. The molecule has 2 heterocycles. The van der Waals surface area contributed by atoms with Gasteiger partial charge < -0.3 is 4.90 Å². The van der Waals surface area contributed by atoms with Gasteiger partial charge in [0.05, 0.1) is 0 Å². The molecule has 2 rings (SSSR count). The maximum Gasteiger partial charge on any atom is 0.142 e. The van der Waals surface area contributed by atoms with Crippen LogP contribution in [0.5, 0.6) is 0 Å². The van der Waals surface area contributed by atoms with Gasteiger partial charge in [-0.2, -0.15) is 5.26 Å². The fraction of sp³-hybridized carbons (Fsp3) is 0.571. The standard InChI is InChI=1S/C14H19N3/c1-2-12-5-4-9-17(10-8-12)14-7-3-6-13(11-15)16-14/h3,6-7,12H,2,4-5,8-10H2,1H3. The highest BCUT2D eigenvalue weighted by Gasteiger charge is 2.16. The fourth-order valence-corrected chi connectivity index (χ4v) is 2.46. The van der Waals surface area contributed by atoms with Crippen molar-refractivity contribution in [2.24, 2.45) is 5.92 Å². The van der Waals surface area contributed by atoms with Crippen molar-refractivity contribution >= 4 is 5.82 Å². The summed E-state index contributed by atoms with van der Waals surface area (Å²) >= 11 is 0. The van der Waals surface area contributed by atoms with Gasteiger partial charge in [-0.1, -0.05) is 19.4 Å². The van der Waals surface area contributed by atoms with Crippen LogP contribution in [0.15, 0.2) is 18.2 Å². The van der Waals surface area contributed by atoms with Crippen LogP contribution in [0.25, 0.3) is 0 Å². The molecule has 0 N–H and O–H groups in total. The normalized spacial score (nSPS) is 20.7. The van der Waals surface area contributed by atoms with E-state index in [0.717, 1.165) is 24.8 Å². The van der Waals surface area contributed by atoms with E-state index in [1.807, 2.05) is 12.1 Å². The second-order valence-corrected chi connectivity index (χ2v) is 4.69. The predicted molar refractivity (Wildman–Crippen MR) is 68.8 cm³/mol. The summed E-state index contributed by atoms with van der Waals surface area (Å²) in [6.45, 7) is 4.41. The fourth-order valence-electron chi connectivity index (χ4n) is 2.46. The summed E-state index contributed by atoms with van der Waals surface area (Å²) < 4.78 is 0. The Kier molecular flexibility index (Phi) is 3.98. The van der Waals surface area contributed by atoms with Crippen LogP contribution in [0.2, 0.25) is 0 Å². The van der Waals surface area contributed by atoms with Crippen LogP contribution in [0.4, 0.5) is 5.82 Å². The minimum absolute atomic E-state index is 0.513. The Morgan fingerprint density at radius 3 is 3.06 bits per heavy atom. The average Bonchev–Trinajstić information content (AvgIpc) is 2.64. The molecule has 1 aromatic heterocycles. The third-order valence-electron chi connectivity index (χ3n) is 3.60. The summed E-state index contributed by atoms with van der Waals surface area (Å²) in [6.07, 6.45) is 5.08. The Hall–Kier alpha value is -1.56. The van der Waals surface area contributed by atoms with E-state index in [2.05, 4.69) is 22.9 Å². The molecule has 0 radical (unpaired) electrons. The lowest BCUT2D eigenvalue weighted by atomic mass is 9.98. The van der Waals surface area contributed by atoms with E-state index in [1.54, 1.807) is 6.07 Å². The summed E-state index contributed by atoms with van der Waals surface area (Å²) in [5.74, 6) is 1.82. The molecule has 0 aliphatic carbocycles. The average molecular weight is 229 g/mol. The zero-order valence-electron chi connectivity index (χ0n) is 10.4. The van der Waals surface area contributed by atoms with Crippen molar-refractivity contribution in [2.75, 3.05) is 18.0 Å². The summed E-state index contributed by atoms with van der Waals surface area (Å²) in [5.41, 5.74) is 0.513. The van der Waals surface area contributed by atoms with Gasteiger partial charge in [-0.3, -0.25) is 0 Å². The second kappa shape index (κ2) is 5.67. The molecular formula is C14H19N3. The third-order valence-corrected chi connectivity index (χ3v) is 3.60. The first-order chi connectivity index (χ1) is 8.33. The van der Waals surface area contributed by atoms with Crippen LogP contribution >= 0.6 is 0 Å². The molecule has 0 spiro atoms. The first-order valence-electron chi connectivity index (χ1n) is 6.45. The largest absolute Gasteiger partial charge is 0.357 e. The van der Waals surface area contributed by atoms with Gasteiger partial charge in [0.15, 0.2) is 0 Å². The molecular weight excluding hydrogens is 210 g/mol. The first kappa shape index (κ1) is 11.9. The molecule has 17 heavy (non-hydrogen) atoms.